The van der Waals surface area contributed by atoms with E-state index in [9.17, 15) is 9.90 Å². The molecule has 1 aromatic carbocycles. The van der Waals surface area contributed by atoms with E-state index in [2.05, 4.69) is 4.98 Å². The molecular formula is C14H18ClN3O2. The summed E-state index contributed by atoms with van der Waals surface area (Å²) in [5.74, 6) is -0.108. The van der Waals surface area contributed by atoms with Crippen LogP contribution in [-0.2, 0) is 11.3 Å². The molecule has 0 aliphatic heterocycles. The van der Waals surface area contributed by atoms with Gasteiger partial charge in [-0.1, -0.05) is 18.5 Å². The Morgan fingerprint density at radius 3 is 2.75 bits per heavy atom. The highest BCUT2D eigenvalue weighted by Crippen LogP contribution is 2.26. The predicted octanol–water partition coefficient (Wildman–Crippen LogP) is 2.79. The molecule has 6 heteroatoms. The van der Waals surface area contributed by atoms with Crippen LogP contribution in [0, 0.1) is 0 Å². The van der Waals surface area contributed by atoms with Crippen LogP contribution in [0.3, 0.4) is 0 Å². The summed E-state index contributed by atoms with van der Waals surface area (Å²) in [4.78, 5) is 18.0. The number of fused-ring (bicyclic) bond motifs is 1. The normalized spacial score (nSPS) is 13.1. The van der Waals surface area contributed by atoms with Gasteiger partial charge in [0.25, 0.3) is 0 Å². The van der Waals surface area contributed by atoms with E-state index < -0.39 is 12.0 Å². The first kappa shape index (κ1) is 14.8. The van der Waals surface area contributed by atoms with Crippen LogP contribution in [0.15, 0.2) is 18.2 Å². The predicted molar refractivity (Wildman–Crippen MR) is 79.1 cm³/mol. The van der Waals surface area contributed by atoms with E-state index in [1.54, 1.807) is 16.7 Å². The number of carbonyl (C=O) groups is 1. The first-order valence-electron chi connectivity index (χ1n) is 6.48. The van der Waals surface area contributed by atoms with Crippen LogP contribution >= 0.6 is 11.6 Å². The van der Waals surface area contributed by atoms with Gasteiger partial charge in [0.1, 0.15) is 11.9 Å². The highest BCUT2D eigenvalue weighted by atomic mass is 35.5. The molecule has 0 aliphatic carbocycles. The molecule has 0 fully saturated rings. The van der Waals surface area contributed by atoms with E-state index in [0.717, 1.165) is 16.9 Å². The Morgan fingerprint density at radius 1 is 1.50 bits per heavy atom. The van der Waals surface area contributed by atoms with Crippen molar-refractivity contribution in [1.29, 1.82) is 0 Å². The fourth-order valence-electron chi connectivity index (χ4n) is 2.33. The van der Waals surface area contributed by atoms with Crippen molar-refractivity contribution in [1.82, 2.24) is 14.5 Å². The molecule has 108 valence electrons. The Labute approximate surface area is 122 Å². The number of halogens is 1. The van der Waals surface area contributed by atoms with E-state index in [-0.39, 0.29) is 0 Å². The van der Waals surface area contributed by atoms with Crippen molar-refractivity contribution in [3.63, 3.8) is 0 Å². The molecule has 1 N–H and O–H groups in total. The molecule has 0 bridgehead atoms. The SMILES string of the molecule is CCC(C(=O)O)n1c(CN(C)C)nc2cc(Cl)ccc21. The van der Waals surface area contributed by atoms with Crippen molar-refractivity contribution in [2.45, 2.75) is 25.9 Å². The van der Waals surface area contributed by atoms with Gasteiger partial charge in [-0.25, -0.2) is 9.78 Å². The molecule has 2 rings (SSSR count). The summed E-state index contributed by atoms with van der Waals surface area (Å²) in [5, 5.41) is 10.0. The van der Waals surface area contributed by atoms with E-state index >= 15 is 0 Å². The Hall–Kier alpha value is -1.59. The van der Waals surface area contributed by atoms with Gasteiger partial charge >= 0.3 is 5.97 Å². The second-order valence-corrected chi connectivity index (χ2v) is 5.47. The summed E-state index contributed by atoms with van der Waals surface area (Å²) in [6.45, 7) is 2.44. The lowest BCUT2D eigenvalue weighted by Crippen LogP contribution is -2.23. The minimum atomic E-state index is -0.846. The summed E-state index contributed by atoms with van der Waals surface area (Å²) >= 11 is 5.99. The Balaban J connectivity index is 2.66. The second kappa shape index (κ2) is 5.81. The smallest absolute Gasteiger partial charge is 0.326 e. The Kier molecular flexibility index (Phi) is 4.30. The van der Waals surface area contributed by atoms with Gasteiger partial charge in [0.15, 0.2) is 0 Å². The lowest BCUT2D eigenvalue weighted by atomic mass is 10.2. The highest BCUT2D eigenvalue weighted by molar-refractivity contribution is 6.31. The minimum Gasteiger partial charge on any atom is -0.480 e. The maximum Gasteiger partial charge on any atom is 0.326 e. The molecule has 0 saturated carbocycles. The average molecular weight is 296 g/mol. The van der Waals surface area contributed by atoms with Gasteiger partial charge in [-0.2, -0.15) is 0 Å². The fraction of sp³-hybridized carbons (Fsp3) is 0.429. The summed E-state index contributed by atoms with van der Waals surface area (Å²) in [5.41, 5.74) is 1.54. The monoisotopic (exact) mass is 295 g/mol. The molecule has 0 radical (unpaired) electrons. The maximum atomic E-state index is 11.5. The zero-order valence-corrected chi connectivity index (χ0v) is 12.6. The quantitative estimate of drug-likeness (QED) is 0.921. The zero-order valence-electron chi connectivity index (χ0n) is 11.8. The van der Waals surface area contributed by atoms with Crippen LogP contribution in [0.2, 0.25) is 5.02 Å². The van der Waals surface area contributed by atoms with Crippen LogP contribution in [0.4, 0.5) is 0 Å². The molecule has 1 unspecified atom stereocenters. The topological polar surface area (TPSA) is 58.4 Å². The molecular weight excluding hydrogens is 278 g/mol. The average Bonchev–Trinajstić information content (AvgIpc) is 2.66. The molecule has 0 spiro atoms. The van der Waals surface area contributed by atoms with Crippen molar-refractivity contribution in [3.05, 3.63) is 29.0 Å². The first-order chi connectivity index (χ1) is 9.43. The number of benzene rings is 1. The molecule has 1 aromatic heterocycles. The third-order valence-electron chi connectivity index (χ3n) is 3.17. The number of hydrogen-bond donors (Lipinski definition) is 1. The van der Waals surface area contributed by atoms with Crippen LogP contribution in [0.25, 0.3) is 11.0 Å². The summed E-state index contributed by atoms with van der Waals surface area (Å²) in [6.07, 6.45) is 0.504. The van der Waals surface area contributed by atoms with Gasteiger partial charge in [0.05, 0.1) is 17.6 Å². The number of aliphatic carboxylic acids is 1. The summed E-state index contributed by atoms with van der Waals surface area (Å²) in [7, 11) is 3.86. The Morgan fingerprint density at radius 2 is 2.20 bits per heavy atom. The van der Waals surface area contributed by atoms with E-state index in [1.165, 1.54) is 0 Å². The lowest BCUT2D eigenvalue weighted by Gasteiger charge is -2.18. The number of carboxylic acids is 1. The number of rotatable bonds is 5. The van der Waals surface area contributed by atoms with E-state index in [0.29, 0.717) is 18.0 Å². The number of hydrogen-bond acceptors (Lipinski definition) is 3. The number of carboxylic acid groups (broad SMARTS) is 1. The third-order valence-corrected chi connectivity index (χ3v) is 3.40. The van der Waals surface area contributed by atoms with E-state index in [1.807, 2.05) is 32.0 Å². The minimum absolute atomic E-state index is 0.504. The van der Waals surface area contributed by atoms with Crippen molar-refractivity contribution >= 4 is 28.6 Å². The summed E-state index contributed by atoms with van der Waals surface area (Å²) in [6, 6.07) is 4.74. The molecule has 1 atom stereocenters. The molecule has 2 aromatic rings. The largest absolute Gasteiger partial charge is 0.480 e. The Bertz CT molecular complexity index is 637. The van der Waals surface area contributed by atoms with Gasteiger partial charge in [-0.05, 0) is 38.7 Å². The van der Waals surface area contributed by atoms with Gasteiger partial charge in [0, 0.05) is 5.02 Å². The van der Waals surface area contributed by atoms with Crippen LogP contribution in [0.5, 0.6) is 0 Å². The summed E-state index contributed by atoms with van der Waals surface area (Å²) < 4.78 is 1.80. The number of imidazole rings is 1. The molecule has 0 saturated heterocycles. The van der Waals surface area contributed by atoms with Crippen molar-refractivity contribution < 1.29 is 9.90 Å². The van der Waals surface area contributed by atoms with Gasteiger partial charge in [0.2, 0.25) is 0 Å². The van der Waals surface area contributed by atoms with Gasteiger partial charge in [-0.15, -0.1) is 0 Å². The third kappa shape index (κ3) is 2.78. The standard InChI is InChI=1S/C14H18ClN3O2/c1-4-11(14(19)20)18-12-6-5-9(15)7-10(12)16-13(18)8-17(2)3/h5-7,11H,4,8H2,1-3H3,(H,19,20). The van der Waals surface area contributed by atoms with Crippen LogP contribution in [-0.4, -0.2) is 39.6 Å². The van der Waals surface area contributed by atoms with Crippen LogP contribution in [0.1, 0.15) is 25.2 Å². The van der Waals surface area contributed by atoms with Crippen molar-refractivity contribution in [3.8, 4) is 0 Å². The zero-order chi connectivity index (χ0) is 14.9. The second-order valence-electron chi connectivity index (χ2n) is 5.03. The lowest BCUT2D eigenvalue weighted by molar-refractivity contribution is -0.141. The fourth-order valence-corrected chi connectivity index (χ4v) is 2.50. The molecule has 0 amide bonds. The van der Waals surface area contributed by atoms with Crippen molar-refractivity contribution in [2.24, 2.45) is 0 Å². The van der Waals surface area contributed by atoms with E-state index in [4.69, 9.17) is 11.6 Å². The first-order valence-corrected chi connectivity index (χ1v) is 6.85. The van der Waals surface area contributed by atoms with Gasteiger partial charge < -0.3 is 14.6 Å². The van der Waals surface area contributed by atoms with Gasteiger partial charge in [-0.3, -0.25) is 0 Å². The maximum absolute atomic E-state index is 11.5. The van der Waals surface area contributed by atoms with Crippen LogP contribution < -0.4 is 0 Å². The highest BCUT2D eigenvalue weighted by Gasteiger charge is 2.23. The molecule has 20 heavy (non-hydrogen) atoms. The number of nitrogens with zero attached hydrogens (tertiary/aromatic N) is 3. The molecule has 5 nitrogen and oxygen atoms in total. The molecule has 1 heterocycles. The number of aromatic nitrogens is 2. The van der Waals surface area contributed by atoms with Crippen molar-refractivity contribution in [2.75, 3.05) is 14.1 Å². The molecule has 0 aliphatic rings.